The Morgan fingerprint density at radius 2 is 2.17 bits per heavy atom. The van der Waals surface area contributed by atoms with Crippen molar-refractivity contribution in [3.05, 3.63) is 0 Å². The maximum Gasteiger partial charge on any atom is 0.508 e. The first-order chi connectivity index (χ1) is 5.70. The number of carboxylic acid groups (broad SMARTS) is 1. The summed E-state index contributed by atoms with van der Waals surface area (Å²) in [5, 5.41) is 8.27. The molecule has 4 nitrogen and oxygen atoms in total. The first-order valence-electron chi connectivity index (χ1n) is 4.21. The van der Waals surface area contributed by atoms with Crippen LogP contribution in [-0.4, -0.2) is 24.2 Å². The third kappa shape index (κ3) is 5.97. The Labute approximate surface area is 72.5 Å². The predicted octanol–water partition coefficient (Wildman–Crippen LogP) is 2.23. The van der Waals surface area contributed by atoms with Gasteiger partial charge in [0.25, 0.3) is 0 Å². The van der Waals surface area contributed by atoms with Crippen LogP contribution in [0.4, 0.5) is 4.79 Å². The van der Waals surface area contributed by atoms with Crippen LogP contribution in [0.25, 0.3) is 0 Å². The average molecular weight is 176 g/mol. The van der Waals surface area contributed by atoms with Crippen LogP contribution in [0, 0.1) is 0 Å². The number of ether oxygens (including phenoxy) is 2. The lowest BCUT2D eigenvalue weighted by Crippen LogP contribution is -2.19. The molecule has 0 aromatic heterocycles. The predicted molar refractivity (Wildman–Crippen MR) is 44.0 cm³/mol. The molecule has 0 fully saturated rings. The lowest BCUT2D eigenvalue weighted by molar-refractivity contribution is -0.118. The molecule has 0 aliphatic carbocycles. The largest absolute Gasteiger partial charge is 0.508 e. The Balaban J connectivity index is 3.46. The Morgan fingerprint density at radius 3 is 2.58 bits per heavy atom. The highest BCUT2D eigenvalue weighted by molar-refractivity contribution is 5.56. The molecule has 0 aliphatic rings. The molecule has 0 aromatic carbocycles. The van der Waals surface area contributed by atoms with Gasteiger partial charge in [-0.1, -0.05) is 20.3 Å². The minimum atomic E-state index is -1.28. The van der Waals surface area contributed by atoms with Crippen molar-refractivity contribution in [3.63, 3.8) is 0 Å². The third-order valence-corrected chi connectivity index (χ3v) is 1.37. The summed E-state index contributed by atoms with van der Waals surface area (Å²) in [7, 11) is 0. The summed E-state index contributed by atoms with van der Waals surface area (Å²) in [6, 6.07) is 0. The van der Waals surface area contributed by atoms with Crippen LogP contribution in [0.2, 0.25) is 0 Å². The summed E-state index contributed by atoms with van der Waals surface area (Å²) in [6.07, 6.45) is 0.631. The van der Waals surface area contributed by atoms with Crippen LogP contribution in [0.3, 0.4) is 0 Å². The van der Waals surface area contributed by atoms with Crippen LogP contribution in [0.1, 0.15) is 33.1 Å². The van der Waals surface area contributed by atoms with Crippen LogP contribution >= 0.6 is 0 Å². The first-order valence-corrected chi connectivity index (χ1v) is 4.21. The molecule has 4 heteroatoms. The number of hydrogen-bond acceptors (Lipinski definition) is 3. The maximum atomic E-state index is 10.1. The number of hydrogen-bond donors (Lipinski definition) is 1. The lowest BCUT2D eigenvalue weighted by atomic mass is 10.3. The van der Waals surface area contributed by atoms with E-state index in [4.69, 9.17) is 9.84 Å². The van der Waals surface area contributed by atoms with Crippen molar-refractivity contribution < 1.29 is 19.4 Å². The molecule has 72 valence electrons. The number of rotatable bonds is 6. The van der Waals surface area contributed by atoms with Crippen LogP contribution in [0.5, 0.6) is 0 Å². The molecule has 12 heavy (non-hydrogen) atoms. The van der Waals surface area contributed by atoms with E-state index >= 15 is 0 Å². The second-order valence-corrected chi connectivity index (χ2v) is 2.45. The van der Waals surface area contributed by atoms with Crippen LogP contribution in [-0.2, 0) is 9.47 Å². The van der Waals surface area contributed by atoms with Crippen molar-refractivity contribution in [1.82, 2.24) is 0 Å². The van der Waals surface area contributed by atoms with E-state index in [1.807, 2.05) is 13.8 Å². The molecule has 0 spiro atoms. The Bertz CT molecular complexity index is 124. The smallest absolute Gasteiger partial charge is 0.450 e. The van der Waals surface area contributed by atoms with Gasteiger partial charge in [-0.15, -0.1) is 0 Å². The Hall–Kier alpha value is -0.770. The zero-order valence-electron chi connectivity index (χ0n) is 7.58. The van der Waals surface area contributed by atoms with Crippen LogP contribution in [0.15, 0.2) is 0 Å². The summed E-state index contributed by atoms with van der Waals surface area (Å²) in [6.45, 7) is 4.42. The summed E-state index contributed by atoms with van der Waals surface area (Å²) in [5.41, 5.74) is 0. The molecule has 0 radical (unpaired) electrons. The van der Waals surface area contributed by atoms with Gasteiger partial charge in [-0.25, -0.2) is 4.79 Å². The van der Waals surface area contributed by atoms with Gasteiger partial charge in [-0.3, -0.25) is 0 Å². The molecule has 0 aromatic rings. The minimum Gasteiger partial charge on any atom is -0.450 e. The Kier molecular flexibility index (Phi) is 6.47. The van der Waals surface area contributed by atoms with Crippen molar-refractivity contribution in [3.8, 4) is 0 Å². The molecular weight excluding hydrogens is 160 g/mol. The van der Waals surface area contributed by atoms with E-state index in [1.54, 1.807) is 0 Å². The van der Waals surface area contributed by atoms with E-state index in [0.29, 0.717) is 13.0 Å². The van der Waals surface area contributed by atoms with E-state index in [1.165, 1.54) is 0 Å². The van der Waals surface area contributed by atoms with Gasteiger partial charge in [0.1, 0.15) is 0 Å². The van der Waals surface area contributed by atoms with Crippen molar-refractivity contribution in [2.45, 2.75) is 39.4 Å². The van der Waals surface area contributed by atoms with Gasteiger partial charge >= 0.3 is 6.16 Å². The van der Waals surface area contributed by atoms with Gasteiger partial charge in [0.05, 0.1) is 6.61 Å². The Morgan fingerprint density at radius 1 is 1.50 bits per heavy atom. The monoisotopic (exact) mass is 176 g/mol. The summed E-state index contributed by atoms with van der Waals surface area (Å²) < 4.78 is 9.58. The second kappa shape index (κ2) is 6.91. The van der Waals surface area contributed by atoms with Crippen molar-refractivity contribution >= 4 is 6.16 Å². The maximum absolute atomic E-state index is 10.1. The fourth-order valence-corrected chi connectivity index (χ4v) is 0.707. The van der Waals surface area contributed by atoms with Gasteiger partial charge in [-0.2, -0.15) is 0 Å². The van der Waals surface area contributed by atoms with Crippen LogP contribution < -0.4 is 0 Å². The van der Waals surface area contributed by atoms with Crippen molar-refractivity contribution in [1.29, 1.82) is 0 Å². The van der Waals surface area contributed by atoms with Crippen molar-refractivity contribution in [2.24, 2.45) is 0 Å². The molecule has 0 rings (SSSR count). The molecular formula is C8H16O4. The van der Waals surface area contributed by atoms with Gasteiger partial charge in [-0.05, 0) is 6.42 Å². The molecule has 1 atom stereocenters. The van der Waals surface area contributed by atoms with Gasteiger partial charge in [0.15, 0.2) is 0 Å². The zero-order chi connectivity index (χ0) is 9.40. The number of carbonyl (C=O) groups is 1. The molecule has 0 aliphatic heterocycles. The van der Waals surface area contributed by atoms with E-state index in [-0.39, 0.29) is 0 Å². The topological polar surface area (TPSA) is 55.8 Å². The quantitative estimate of drug-likeness (QED) is 0.383. The molecule has 1 unspecified atom stereocenters. The fraction of sp³-hybridized carbons (Fsp3) is 0.875. The molecule has 0 saturated carbocycles. The van der Waals surface area contributed by atoms with E-state index < -0.39 is 12.4 Å². The van der Waals surface area contributed by atoms with E-state index in [0.717, 1.165) is 12.8 Å². The summed E-state index contributed by atoms with van der Waals surface area (Å²) in [4.78, 5) is 10.1. The summed E-state index contributed by atoms with van der Waals surface area (Å²) >= 11 is 0. The molecule has 1 N–H and O–H groups in total. The highest BCUT2D eigenvalue weighted by Gasteiger charge is 2.10. The molecule has 0 heterocycles. The lowest BCUT2D eigenvalue weighted by Gasteiger charge is -2.13. The summed E-state index contributed by atoms with van der Waals surface area (Å²) in [5.74, 6) is 0. The highest BCUT2D eigenvalue weighted by atomic mass is 16.8. The second-order valence-electron chi connectivity index (χ2n) is 2.45. The minimum absolute atomic E-state index is 0.552. The molecule has 0 saturated heterocycles. The zero-order valence-corrected chi connectivity index (χ0v) is 7.58. The average Bonchev–Trinajstić information content (AvgIpc) is 2.02. The first kappa shape index (κ1) is 11.2. The van der Waals surface area contributed by atoms with E-state index in [2.05, 4.69) is 4.74 Å². The number of unbranched alkanes of at least 4 members (excludes halogenated alkanes) is 1. The van der Waals surface area contributed by atoms with Crippen molar-refractivity contribution in [2.75, 3.05) is 6.61 Å². The fourth-order valence-electron chi connectivity index (χ4n) is 0.707. The normalized spacial score (nSPS) is 12.5. The van der Waals surface area contributed by atoms with Gasteiger partial charge < -0.3 is 14.6 Å². The van der Waals surface area contributed by atoms with Gasteiger partial charge in [0.2, 0.25) is 6.29 Å². The highest BCUT2D eigenvalue weighted by Crippen LogP contribution is 2.02. The molecule has 0 amide bonds. The standard InChI is InChI=1S/C8H16O4/c1-3-5-6-11-7(4-2)12-8(9)10/h7H,3-6H2,1-2H3,(H,9,10). The molecule has 0 bridgehead atoms. The van der Waals surface area contributed by atoms with E-state index in [9.17, 15) is 4.79 Å². The third-order valence-electron chi connectivity index (χ3n) is 1.37. The van der Waals surface area contributed by atoms with Gasteiger partial charge in [0, 0.05) is 6.42 Å². The SMILES string of the molecule is CCCCOC(CC)OC(=O)O.